The first-order valence-electron chi connectivity index (χ1n) is 9.25. The van der Waals surface area contributed by atoms with Crippen molar-refractivity contribution < 1.29 is 18.4 Å². The fourth-order valence-electron chi connectivity index (χ4n) is 3.52. The molecule has 4 rings (SSSR count). The molecule has 31 heavy (non-hydrogen) atoms. The molecule has 0 saturated carbocycles. The average Bonchev–Trinajstić information content (AvgIpc) is 3.35. The number of thiocarbonyl (C=S) groups is 1. The Morgan fingerprint density at radius 2 is 2.03 bits per heavy atom. The smallest absolute Gasteiger partial charge is 0.268 e. The summed E-state index contributed by atoms with van der Waals surface area (Å²) in [6.45, 7) is 0.145. The topological polar surface area (TPSA) is 75.6 Å². The maximum absolute atomic E-state index is 14.2. The molecule has 162 valence electrons. The number of benzene rings is 1. The molecule has 1 aromatic heterocycles. The van der Waals surface area contributed by atoms with Crippen molar-refractivity contribution in [2.45, 2.75) is 24.3 Å². The lowest BCUT2D eigenvalue weighted by molar-refractivity contribution is -0.124. The van der Waals surface area contributed by atoms with Crippen molar-refractivity contribution in [3.05, 3.63) is 62.3 Å². The Hall–Kier alpha value is -1.82. The van der Waals surface area contributed by atoms with Gasteiger partial charge in [0.05, 0.1) is 23.4 Å². The van der Waals surface area contributed by atoms with Gasteiger partial charge in [-0.05, 0) is 35.9 Å². The van der Waals surface area contributed by atoms with Crippen LogP contribution >= 0.6 is 44.1 Å². The number of hydroxylamine groups is 1. The van der Waals surface area contributed by atoms with Gasteiger partial charge in [0.25, 0.3) is 5.91 Å². The fourth-order valence-corrected chi connectivity index (χ4v) is 5.07. The summed E-state index contributed by atoms with van der Waals surface area (Å²) in [7, 11) is 0. The Labute approximate surface area is 199 Å². The van der Waals surface area contributed by atoms with E-state index in [9.17, 15) is 13.6 Å². The Morgan fingerprint density at radius 3 is 2.61 bits per heavy atom. The van der Waals surface area contributed by atoms with Gasteiger partial charge >= 0.3 is 0 Å². The van der Waals surface area contributed by atoms with Gasteiger partial charge in [-0.3, -0.25) is 19.6 Å². The molecule has 0 aliphatic carbocycles. The highest BCUT2D eigenvalue weighted by atomic mass is 79.9. The second-order valence-electron chi connectivity index (χ2n) is 7.29. The Balaban J connectivity index is 1.51. The van der Waals surface area contributed by atoms with E-state index in [-0.39, 0.29) is 25.5 Å². The lowest BCUT2D eigenvalue weighted by Crippen LogP contribution is -2.41. The van der Waals surface area contributed by atoms with Crippen molar-refractivity contribution >= 4 is 60.7 Å². The average molecular weight is 574 g/mol. The standard InChI is InChI=1S/C20H16Br2F2N4O2S/c21-12-3-11(4-13(22)5-12)20(19(23)24)6-15(26-9-20)14-2-1-10(7-25-14)18(31)27-16-8-30-28-17(16)29/h1-5,7,16,19H,6,8-9H2,(H,27,31)(H,28,29). The minimum atomic E-state index is -2.59. The predicted octanol–water partition coefficient (Wildman–Crippen LogP) is 3.70. The number of hydrogen-bond acceptors (Lipinski definition) is 5. The molecule has 1 amide bonds. The molecule has 1 aromatic carbocycles. The van der Waals surface area contributed by atoms with Crippen LogP contribution in [0.15, 0.2) is 50.5 Å². The molecule has 2 aliphatic rings. The summed E-state index contributed by atoms with van der Waals surface area (Å²) in [5.74, 6) is -0.297. The van der Waals surface area contributed by atoms with Crippen LogP contribution in [0.3, 0.4) is 0 Å². The summed E-state index contributed by atoms with van der Waals surface area (Å²) in [6, 6.07) is 8.08. The number of hydrogen-bond donors (Lipinski definition) is 2. The molecule has 2 aliphatic heterocycles. The lowest BCUT2D eigenvalue weighted by Gasteiger charge is -2.28. The number of pyridine rings is 1. The normalized spacial score (nSPS) is 23.1. The number of amides is 1. The van der Waals surface area contributed by atoms with E-state index in [2.05, 4.69) is 52.6 Å². The maximum Gasteiger partial charge on any atom is 0.268 e. The summed E-state index contributed by atoms with van der Waals surface area (Å²) in [4.78, 5) is 25.6. The summed E-state index contributed by atoms with van der Waals surface area (Å²) >= 11 is 12.1. The molecule has 0 radical (unpaired) electrons. The van der Waals surface area contributed by atoms with E-state index in [1.807, 2.05) is 0 Å². The van der Waals surface area contributed by atoms with E-state index >= 15 is 0 Å². The van der Waals surface area contributed by atoms with Crippen LogP contribution in [0.2, 0.25) is 0 Å². The number of carbonyl (C=O) groups excluding carboxylic acids is 1. The second kappa shape index (κ2) is 8.97. The number of alkyl halides is 2. The van der Waals surface area contributed by atoms with Crippen LogP contribution in [-0.4, -0.2) is 47.2 Å². The number of nitrogens with one attached hydrogen (secondary N) is 2. The van der Waals surface area contributed by atoms with Crippen molar-refractivity contribution in [3.8, 4) is 0 Å². The van der Waals surface area contributed by atoms with Crippen LogP contribution in [0.4, 0.5) is 8.78 Å². The van der Waals surface area contributed by atoms with E-state index in [1.54, 1.807) is 36.5 Å². The monoisotopic (exact) mass is 572 g/mol. The van der Waals surface area contributed by atoms with Crippen molar-refractivity contribution in [2.24, 2.45) is 4.99 Å². The largest absolute Gasteiger partial charge is 0.362 e. The zero-order valence-corrected chi connectivity index (χ0v) is 19.9. The van der Waals surface area contributed by atoms with E-state index < -0.39 is 17.9 Å². The number of nitrogens with zero attached hydrogens (tertiary/aromatic N) is 2. The number of rotatable bonds is 5. The highest BCUT2D eigenvalue weighted by Gasteiger charge is 2.46. The molecule has 6 nitrogen and oxygen atoms in total. The van der Waals surface area contributed by atoms with E-state index in [0.29, 0.717) is 27.5 Å². The van der Waals surface area contributed by atoms with E-state index in [4.69, 9.17) is 17.1 Å². The third kappa shape index (κ3) is 4.55. The van der Waals surface area contributed by atoms with Crippen LogP contribution < -0.4 is 10.8 Å². The first kappa shape index (κ1) is 22.4. The first-order chi connectivity index (χ1) is 14.8. The van der Waals surface area contributed by atoms with Crippen LogP contribution in [0.5, 0.6) is 0 Å². The van der Waals surface area contributed by atoms with Gasteiger partial charge in [0.15, 0.2) is 0 Å². The summed E-state index contributed by atoms with van der Waals surface area (Å²) in [5, 5.41) is 2.91. The lowest BCUT2D eigenvalue weighted by atomic mass is 9.78. The van der Waals surface area contributed by atoms with Gasteiger partial charge in [-0.2, -0.15) is 0 Å². The maximum atomic E-state index is 14.2. The van der Waals surface area contributed by atoms with Gasteiger partial charge in [0.1, 0.15) is 17.6 Å². The number of aliphatic imine (C=N–C) groups is 1. The van der Waals surface area contributed by atoms with E-state index in [1.165, 1.54) is 0 Å². The molecule has 11 heteroatoms. The molecule has 2 atom stereocenters. The molecule has 1 fully saturated rings. The van der Waals surface area contributed by atoms with Crippen molar-refractivity contribution in [1.29, 1.82) is 0 Å². The predicted molar refractivity (Wildman–Crippen MR) is 123 cm³/mol. The van der Waals surface area contributed by atoms with Crippen LogP contribution in [-0.2, 0) is 15.0 Å². The van der Waals surface area contributed by atoms with Gasteiger partial charge in [0.2, 0.25) is 6.43 Å². The second-order valence-corrected chi connectivity index (χ2v) is 9.53. The molecule has 0 spiro atoms. The van der Waals surface area contributed by atoms with Gasteiger partial charge in [-0.1, -0.05) is 44.1 Å². The fraction of sp³-hybridized carbons (Fsp3) is 0.300. The third-order valence-electron chi connectivity index (χ3n) is 5.26. The summed E-state index contributed by atoms with van der Waals surface area (Å²) in [5.41, 5.74) is 3.00. The minimum absolute atomic E-state index is 0.0247. The quantitative estimate of drug-likeness (QED) is 0.534. The highest BCUT2D eigenvalue weighted by molar-refractivity contribution is 9.11. The summed E-state index contributed by atoms with van der Waals surface area (Å²) in [6.07, 6.45) is -0.980. The van der Waals surface area contributed by atoms with Crippen LogP contribution in [0, 0.1) is 0 Å². The zero-order valence-electron chi connectivity index (χ0n) is 15.9. The SMILES string of the molecule is O=C1NOCC1NC(=S)c1ccc(C2=NCC(c3cc(Br)cc(Br)c3)(C(F)F)C2)nc1. The molecule has 2 N–H and O–H groups in total. The molecule has 2 unspecified atom stereocenters. The molecule has 2 aromatic rings. The summed E-state index contributed by atoms with van der Waals surface area (Å²) < 4.78 is 29.9. The first-order valence-corrected chi connectivity index (χ1v) is 11.2. The van der Waals surface area contributed by atoms with Gasteiger partial charge in [-0.15, -0.1) is 0 Å². The number of aromatic nitrogens is 1. The van der Waals surface area contributed by atoms with E-state index in [0.717, 1.165) is 8.95 Å². The van der Waals surface area contributed by atoms with Crippen LogP contribution in [0.25, 0.3) is 0 Å². The Kier molecular flexibility index (Phi) is 6.47. The van der Waals surface area contributed by atoms with Crippen molar-refractivity contribution in [2.75, 3.05) is 13.2 Å². The van der Waals surface area contributed by atoms with Gasteiger partial charge < -0.3 is 5.32 Å². The third-order valence-corrected chi connectivity index (χ3v) is 6.53. The minimum Gasteiger partial charge on any atom is -0.362 e. The number of halogens is 4. The van der Waals surface area contributed by atoms with Crippen LogP contribution in [0.1, 0.15) is 23.2 Å². The number of carbonyl (C=O) groups is 1. The Morgan fingerprint density at radius 1 is 1.29 bits per heavy atom. The molecule has 3 heterocycles. The molecular weight excluding hydrogens is 558 g/mol. The molecule has 1 saturated heterocycles. The zero-order chi connectivity index (χ0) is 22.2. The van der Waals surface area contributed by atoms with Gasteiger partial charge in [0, 0.05) is 27.1 Å². The Bertz CT molecular complexity index is 1050. The van der Waals surface area contributed by atoms with Crippen molar-refractivity contribution in [3.63, 3.8) is 0 Å². The molecular formula is C20H16Br2F2N4O2S. The van der Waals surface area contributed by atoms with Crippen molar-refractivity contribution in [1.82, 2.24) is 15.8 Å². The highest BCUT2D eigenvalue weighted by Crippen LogP contribution is 2.42. The van der Waals surface area contributed by atoms with Gasteiger partial charge in [-0.25, -0.2) is 14.3 Å². The molecule has 0 bridgehead atoms.